The molecule has 4 N–H and O–H groups in total. The third-order valence-corrected chi connectivity index (χ3v) is 11.3. The van der Waals surface area contributed by atoms with E-state index in [2.05, 4.69) is 88.7 Å². The number of hydrogen-bond donors (Lipinski definition) is 4. The van der Waals surface area contributed by atoms with Crippen LogP contribution in [0.15, 0.2) is 140 Å². The Morgan fingerprint density at radius 1 is 0.768 bits per heavy atom. The zero-order chi connectivity index (χ0) is 39.5. The van der Waals surface area contributed by atoms with Crippen molar-refractivity contribution in [3.05, 3.63) is 173 Å². The summed E-state index contributed by atoms with van der Waals surface area (Å²) in [5, 5.41) is 19.5. The number of thioether (sulfide) groups is 1. The highest BCUT2D eigenvalue weighted by atomic mass is 32.2. The third kappa shape index (κ3) is 9.99. The maximum absolute atomic E-state index is 13.6. The first-order valence-corrected chi connectivity index (χ1v) is 19.9. The minimum atomic E-state index is -1.12. The topological polar surface area (TPSA) is 126 Å². The molecule has 10 heteroatoms. The van der Waals surface area contributed by atoms with Crippen molar-refractivity contribution in [1.82, 2.24) is 16.0 Å². The van der Waals surface area contributed by atoms with Crippen molar-refractivity contribution in [1.29, 1.82) is 0 Å². The van der Waals surface area contributed by atoms with E-state index in [9.17, 15) is 19.5 Å². The maximum atomic E-state index is 13.6. The molecule has 0 aromatic heterocycles. The fourth-order valence-corrected chi connectivity index (χ4v) is 8.57. The molecule has 0 bridgehead atoms. The fourth-order valence-electron chi connectivity index (χ4n) is 7.01. The number of carboxylic acid groups (broad SMARTS) is 1. The number of para-hydroxylation sites is 1. The molecule has 0 aliphatic carbocycles. The summed E-state index contributed by atoms with van der Waals surface area (Å²) in [7, 11) is 0. The number of carbonyl (C=O) groups is 3. The molecule has 5 aromatic rings. The van der Waals surface area contributed by atoms with Crippen LogP contribution in [0.4, 0.5) is 4.79 Å². The summed E-state index contributed by atoms with van der Waals surface area (Å²) >= 11 is 1.75. The number of alkyl carbamates (subject to hydrolysis) is 1. The van der Waals surface area contributed by atoms with Crippen LogP contribution in [0.3, 0.4) is 0 Å². The minimum Gasteiger partial charge on any atom is -0.492 e. The Labute approximate surface area is 333 Å². The Morgan fingerprint density at radius 3 is 1.86 bits per heavy atom. The second-order valence-corrected chi connectivity index (χ2v) is 16.0. The standard InChI is InChI=1S/C46H49N3O6S/c1-45(2,3)55-44(53)48-36(31-56-46(33-19-10-5-11-20-33,34-21-12-6-13-22-34)35-23-14-7-15-24-35)30-47-39-27-28-54-41-37(39)25-16-26-38(41)42(50)49-40(43(51)52)29-32-17-8-4-9-18-32/h4-26,36,39-40,47H,27-31H2,1-3H3,(H,48,53)(H,49,50)(H,51,52)/t36-,39?,40+/m1/s1. The first-order valence-electron chi connectivity index (χ1n) is 18.9. The monoisotopic (exact) mass is 771 g/mol. The number of carboxylic acids is 1. The van der Waals surface area contributed by atoms with E-state index in [-0.39, 0.29) is 24.1 Å². The van der Waals surface area contributed by atoms with Gasteiger partial charge in [-0.3, -0.25) is 4.79 Å². The molecule has 6 rings (SSSR count). The molecule has 290 valence electrons. The van der Waals surface area contributed by atoms with Crippen molar-refractivity contribution in [3.63, 3.8) is 0 Å². The average molecular weight is 772 g/mol. The van der Waals surface area contributed by atoms with E-state index < -0.39 is 34.4 Å². The number of amides is 2. The fraction of sp³-hybridized carbons (Fsp3) is 0.283. The van der Waals surface area contributed by atoms with Gasteiger partial charge in [-0.25, -0.2) is 9.59 Å². The van der Waals surface area contributed by atoms with E-state index in [1.54, 1.807) is 23.9 Å². The second kappa shape index (κ2) is 18.4. The molecule has 56 heavy (non-hydrogen) atoms. The Morgan fingerprint density at radius 2 is 1.32 bits per heavy atom. The van der Waals surface area contributed by atoms with Gasteiger partial charge in [-0.05, 0) is 49.1 Å². The number of benzene rings is 5. The summed E-state index contributed by atoms with van der Waals surface area (Å²) < 4.78 is 11.2. The molecule has 1 aliphatic heterocycles. The van der Waals surface area contributed by atoms with Crippen LogP contribution in [0.5, 0.6) is 5.75 Å². The maximum Gasteiger partial charge on any atom is 0.407 e. The first kappa shape index (κ1) is 40.1. The number of ether oxygens (including phenoxy) is 2. The molecule has 1 heterocycles. The van der Waals surface area contributed by atoms with Crippen molar-refractivity contribution in [2.24, 2.45) is 0 Å². The summed E-state index contributed by atoms with van der Waals surface area (Å²) in [4.78, 5) is 39.1. The van der Waals surface area contributed by atoms with E-state index in [1.807, 2.05) is 75.4 Å². The summed E-state index contributed by atoms with van der Waals surface area (Å²) in [6.45, 7) is 6.26. The van der Waals surface area contributed by atoms with Gasteiger partial charge in [0.05, 0.1) is 23.0 Å². The van der Waals surface area contributed by atoms with Crippen LogP contribution >= 0.6 is 11.8 Å². The van der Waals surface area contributed by atoms with Crippen LogP contribution in [0.2, 0.25) is 0 Å². The largest absolute Gasteiger partial charge is 0.492 e. The first-order chi connectivity index (χ1) is 27.0. The smallest absolute Gasteiger partial charge is 0.407 e. The van der Waals surface area contributed by atoms with Crippen molar-refractivity contribution >= 4 is 29.7 Å². The van der Waals surface area contributed by atoms with Gasteiger partial charge in [-0.1, -0.05) is 133 Å². The highest BCUT2D eigenvalue weighted by molar-refractivity contribution is 8.00. The molecule has 9 nitrogen and oxygen atoms in total. The van der Waals surface area contributed by atoms with E-state index in [4.69, 9.17) is 9.47 Å². The number of fused-ring (bicyclic) bond motifs is 1. The Hall–Kier alpha value is -5.58. The van der Waals surface area contributed by atoms with E-state index in [0.29, 0.717) is 31.1 Å². The van der Waals surface area contributed by atoms with E-state index >= 15 is 0 Å². The molecular formula is C46H49N3O6S. The minimum absolute atomic E-state index is 0.145. The van der Waals surface area contributed by atoms with Gasteiger partial charge in [-0.2, -0.15) is 0 Å². The van der Waals surface area contributed by atoms with Crippen molar-refractivity contribution in [3.8, 4) is 5.75 Å². The van der Waals surface area contributed by atoms with Gasteiger partial charge >= 0.3 is 12.1 Å². The highest BCUT2D eigenvalue weighted by Crippen LogP contribution is 2.48. The molecule has 0 saturated heterocycles. The number of nitrogens with one attached hydrogen (secondary N) is 3. The van der Waals surface area contributed by atoms with Gasteiger partial charge in [0.2, 0.25) is 0 Å². The highest BCUT2D eigenvalue weighted by Gasteiger charge is 2.38. The van der Waals surface area contributed by atoms with E-state index in [1.165, 1.54) is 0 Å². The zero-order valence-corrected chi connectivity index (χ0v) is 32.8. The molecule has 0 spiro atoms. The second-order valence-electron chi connectivity index (χ2n) is 14.8. The normalized spacial score (nSPS) is 15.0. The van der Waals surface area contributed by atoms with Crippen molar-refractivity contribution < 1.29 is 29.0 Å². The molecule has 1 aliphatic rings. The number of hydrogen-bond acceptors (Lipinski definition) is 7. The molecule has 3 atom stereocenters. The molecule has 0 fully saturated rings. The predicted molar refractivity (Wildman–Crippen MR) is 221 cm³/mol. The third-order valence-electron chi connectivity index (χ3n) is 9.58. The lowest BCUT2D eigenvalue weighted by molar-refractivity contribution is -0.139. The number of aliphatic carboxylic acids is 1. The molecule has 1 unspecified atom stereocenters. The van der Waals surface area contributed by atoms with Gasteiger partial charge in [0, 0.05) is 36.7 Å². The predicted octanol–water partition coefficient (Wildman–Crippen LogP) is 8.14. The number of carbonyl (C=O) groups excluding carboxylic acids is 2. The molecular weight excluding hydrogens is 723 g/mol. The zero-order valence-electron chi connectivity index (χ0n) is 31.9. The lowest BCUT2D eigenvalue weighted by atomic mass is 9.84. The van der Waals surface area contributed by atoms with Crippen molar-refractivity contribution in [2.45, 2.75) is 62.1 Å². The molecule has 0 radical (unpaired) electrons. The van der Waals surface area contributed by atoms with Crippen LogP contribution in [-0.2, 0) is 20.7 Å². The SMILES string of the molecule is CC(C)(C)OC(=O)N[C@H](CNC1CCOc2c(C(=O)N[C@@H](Cc3ccccc3)C(=O)O)cccc21)CSC(c1ccccc1)(c1ccccc1)c1ccccc1. The Kier molecular flexibility index (Phi) is 13.2. The lowest BCUT2D eigenvalue weighted by Crippen LogP contribution is -2.47. The van der Waals surface area contributed by atoms with Gasteiger partial charge in [0.15, 0.2) is 0 Å². The quantitative estimate of drug-likeness (QED) is 0.0787. The van der Waals surface area contributed by atoms with Gasteiger partial charge in [-0.15, -0.1) is 11.8 Å². The molecule has 5 aromatic carbocycles. The Balaban J connectivity index is 1.26. The van der Waals surface area contributed by atoms with Crippen LogP contribution in [-0.4, -0.2) is 59.7 Å². The summed E-state index contributed by atoms with van der Waals surface area (Å²) in [5.74, 6) is -0.711. The van der Waals surface area contributed by atoms with Crippen molar-refractivity contribution in [2.75, 3.05) is 18.9 Å². The summed E-state index contributed by atoms with van der Waals surface area (Å²) in [5.41, 5.74) is 4.52. The lowest BCUT2D eigenvalue weighted by Gasteiger charge is -2.37. The van der Waals surface area contributed by atoms with Crippen LogP contribution in [0.1, 0.15) is 71.4 Å². The number of rotatable bonds is 15. The summed E-state index contributed by atoms with van der Waals surface area (Å²) in [6.07, 6.45) is 0.258. The molecule has 2 amide bonds. The van der Waals surface area contributed by atoms with Crippen LogP contribution < -0.4 is 20.7 Å². The summed E-state index contributed by atoms with van der Waals surface area (Å²) in [6, 6.07) is 44.1. The van der Waals surface area contributed by atoms with Gasteiger partial charge in [0.25, 0.3) is 5.91 Å². The Bertz CT molecular complexity index is 1960. The van der Waals surface area contributed by atoms with Gasteiger partial charge < -0.3 is 30.5 Å². The van der Waals surface area contributed by atoms with Crippen LogP contribution in [0.25, 0.3) is 0 Å². The van der Waals surface area contributed by atoms with Crippen LogP contribution in [0, 0.1) is 0 Å². The van der Waals surface area contributed by atoms with E-state index in [0.717, 1.165) is 27.8 Å². The average Bonchev–Trinajstić information content (AvgIpc) is 3.20. The van der Waals surface area contributed by atoms with Gasteiger partial charge in [0.1, 0.15) is 17.4 Å². The molecule has 0 saturated carbocycles.